The molecular formula is C14H15NO3. The van der Waals surface area contributed by atoms with Gasteiger partial charge >= 0.3 is 5.97 Å². The molecule has 0 spiro atoms. The molecule has 18 heavy (non-hydrogen) atoms. The van der Waals surface area contributed by atoms with Crippen molar-refractivity contribution in [2.45, 2.75) is 13.8 Å². The van der Waals surface area contributed by atoms with Crippen molar-refractivity contribution in [1.29, 1.82) is 0 Å². The summed E-state index contributed by atoms with van der Waals surface area (Å²) in [7, 11) is 0. The largest absolute Gasteiger partial charge is 0.461 e. The summed E-state index contributed by atoms with van der Waals surface area (Å²) in [6.45, 7) is 4.17. The number of allylic oxidation sites excluding steroid dienone is 6. The number of ether oxygens (including phenoxy) is 1. The van der Waals surface area contributed by atoms with Gasteiger partial charge in [0.05, 0.1) is 6.61 Å². The molecule has 0 amide bonds. The molecule has 0 saturated heterocycles. The average molecular weight is 245 g/mol. The lowest BCUT2D eigenvalue weighted by Crippen LogP contribution is -2.04. The molecule has 1 aliphatic carbocycles. The molecule has 94 valence electrons. The Kier molecular flexibility index (Phi) is 3.77. The van der Waals surface area contributed by atoms with E-state index in [0.717, 1.165) is 5.57 Å². The van der Waals surface area contributed by atoms with E-state index >= 15 is 0 Å². The van der Waals surface area contributed by atoms with Crippen LogP contribution in [-0.2, 0) is 4.74 Å². The van der Waals surface area contributed by atoms with E-state index in [4.69, 9.17) is 9.26 Å². The molecule has 0 N–H and O–H groups in total. The van der Waals surface area contributed by atoms with Gasteiger partial charge in [-0.15, -0.1) is 0 Å². The molecule has 2 rings (SSSR count). The van der Waals surface area contributed by atoms with E-state index in [9.17, 15) is 4.79 Å². The zero-order valence-electron chi connectivity index (χ0n) is 10.4. The predicted octanol–water partition coefficient (Wildman–Crippen LogP) is 3.00. The Labute approximate surface area is 106 Å². The first-order chi connectivity index (χ1) is 8.70. The van der Waals surface area contributed by atoms with Gasteiger partial charge in [-0.25, -0.2) is 4.79 Å². The summed E-state index contributed by atoms with van der Waals surface area (Å²) in [5.74, 6) is 0.480. The Bertz CT molecular complexity index is 523. The van der Waals surface area contributed by atoms with Crippen LogP contribution in [0.2, 0.25) is 0 Å². The van der Waals surface area contributed by atoms with E-state index in [1.54, 1.807) is 13.0 Å². The Morgan fingerprint density at radius 1 is 1.50 bits per heavy atom. The van der Waals surface area contributed by atoms with E-state index in [2.05, 4.69) is 24.2 Å². The van der Waals surface area contributed by atoms with Crippen LogP contribution < -0.4 is 0 Å². The van der Waals surface area contributed by atoms with Crippen LogP contribution >= 0.6 is 0 Å². The fraction of sp³-hybridized carbons (Fsp3) is 0.286. The fourth-order valence-electron chi connectivity index (χ4n) is 1.59. The Hall–Kier alpha value is -2.10. The Balaban J connectivity index is 2.20. The molecule has 1 unspecified atom stereocenters. The minimum absolute atomic E-state index is 0.197. The average Bonchev–Trinajstić information content (AvgIpc) is 2.74. The lowest BCUT2D eigenvalue weighted by molar-refractivity contribution is 0.0514. The molecule has 1 aromatic heterocycles. The van der Waals surface area contributed by atoms with Crippen LogP contribution in [0.4, 0.5) is 0 Å². The third-order valence-corrected chi connectivity index (χ3v) is 2.55. The van der Waals surface area contributed by atoms with Gasteiger partial charge in [0.15, 0.2) is 11.5 Å². The highest BCUT2D eigenvalue weighted by Crippen LogP contribution is 2.21. The number of aromatic nitrogens is 1. The van der Waals surface area contributed by atoms with Gasteiger partial charge in [0.2, 0.25) is 0 Å². The van der Waals surface area contributed by atoms with Crippen molar-refractivity contribution in [3.8, 4) is 0 Å². The lowest BCUT2D eigenvalue weighted by atomic mass is 10.1. The monoisotopic (exact) mass is 245 g/mol. The molecule has 1 atom stereocenters. The SMILES string of the molecule is CCOC(=O)c1cc(C2=CC=CC(C)C=C2)on1. The molecule has 0 radical (unpaired) electrons. The van der Waals surface area contributed by atoms with Gasteiger partial charge in [-0.3, -0.25) is 0 Å². The first-order valence-electron chi connectivity index (χ1n) is 5.91. The second-order valence-electron chi connectivity index (χ2n) is 4.02. The summed E-state index contributed by atoms with van der Waals surface area (Å²) in [4.78, 5) is 11.5. The minimum atomic E-state index is -0.463. The fourth-order valence-corrected chi connectivity index (χ4v) is 1.59. The smallest absolute Gasteiger partial charge is 0.360 e. The van der Waals surface area contributed by atoms with Crippen molar-refractivity contribution in [2.24, 2.45) is 5.92 Å². The highest BCUT2D eigenvalue weighted by Gasteiger charge is 2.15. The quantitative estimate of drug-likeness (QED) is 0.768. The van der Waals surface area contributed by atoms with Gasteiger partial charge in [0, 0.05) is 11.6 Å². The van der Waals surface area contributed by atoms with Crippen molar-refractivity contribution in [1.82, 2.24) is 5.16 Å². The zero-order valence-corrected chi connectivity index (χ0v) is 10.4. The molecule has 0 bridgehead atoms. The summed E-state index contributed by atoms with van der Waals surface area (Å²) in [6, 6.07) is 1.60. The van der Waals surface area contributed by atoms with Crippen molar-refractivity contribution in [3.63, 3.8) is 0 Å². The van der Waals surface area contributed by atoms with Crippen LogP contribution in [-0.4, -0.2) is 17.7 Å². The standard InChI is InChI=1S/C14H15NO3/c1-3-17-14(16)12-9-13(18-15-12)11-6-4-5-10(2)7-8-11/h4-10H,3H2,1-2H3. The summed E-state index contributed by atoms with van der Waals surface area (Å²) in [5.41, 5.74) is 1.08. The first kappa shape index (κ1) is 12.4. The maximum absolute atomic E-state index is 11.5. The van der Waals surface area contributed by atoms with Crippen molar-refractivity contribution in [3.05, 3.63) is 47.9 Å². The van der Waals surface area contributed by atoms with E-state index in [-0.39, 0.29) is 5.69 Å². The highest BCUT2D eigenvalue weighted by molar-refractivity contribution is 5.88. The van der Waals surface area contributed by atoms with E-state index in [1.807, 2.05) is 18.2 Å². The molecule has 0 fully saturated rings. The van der Waals surface area contributed by atoms with Gasteiger partial charge in [-0.2, -0.15) is 0 Å². The number of carbonyl (C=O) groups is 1. The van der Waals surface area contributed by atoms with Gasteiger partial charge in [-0.1, -0.05) is 42.5 Å². The maximum Gasteiger partial charge on any atom is 0.360 e. The summed E-state index contributed by atoms with van der Waals surface area (Å²) >= 11 is 0. The number of hydrogen-bond acceptors (Lipinski definition) is 4. The van der Waals surface area contributed by atoms with Gasteiger partial charge in [-0.05, 0) is 12.8 Å². The lowest BCUT2D eigenvalue weighted by Gasteiger charge is -1.95. The normalized spacial score (nSPS) is 18.3. The third kappa shape index (κ3) is 2.77. The number of esters is 1. The topological polar surface area (TPSA) is 52.3 Å². The van der Waals surface area contributed by atoms with Crippen molar-refractivity contribution in [2.75, 3.05) is 6.61 Å². The van der Waals surface area contributed by atoms with Gasteiger partial charge in [0.25, 0.3) is 0 Å². The number of hydrogen-bond donors (Lipinski definition) is 0. The highest BCUT2D eigenvalue weighted by atomic mass is 16.5. The summed E-state index contributed by atoms with van der Waals surface area (Å²) in [6.07, 6.45) is 9.98. The molecule has 1 aliphatic rings. The first-order valence-corrected chi connectivity index (χ1v) is 5.91. The summed E-state index contributed by atoms with van der Waals surface area (Å²) in [5, 5.41) is 3.71. The van der Waals surface area contributed by atoms with Crippen LogP contribution in [0.25, 0.3) is 5.57 Å². The Morgan fingerprint density at radius 3 is 3.11 bits per heavy atom. The maximum atomic E-state index is 11.5. The Morgan fingerprint density at radius 2 is 2.33 bits per heavy atom. The third-order valence-electron chi connectivity index (χ3n) is 2.55. The van der Waals surface area contributed by atoms with Crippen LogP contribution in [0, 0.1) is 5.92 Å². The molecule has 1 heterocycles. The summed E-state index contributed by atoms with van der Waals surface area (Å²) < 4.78 is 10.0. The number of carbonyl (C=O) groups excluding carboxylic acids is 1. The van der Waals surface area contributed by atoms with Crippen molar-refractivity contribution >= 4 is 11.5 Å². The van der Waals surface area contributed by atoms with E-state index < -0.39 is 5.97 Å². The molecule has 4 nitrogen and oxygen atoms in total. The van der Waals surface area contributed by atoms with E-state index in [0.29, 0.717) is 18.3 Å². The van der Waals surface area contributed by atoms with Crippen LogP contribution in [0.1, 0.15) is 30.1 Å². The van der Waals surface area contributed by atoms with Crippen LogP contribution in [0.15, 0.2) is 41.0 Å². The predicted molar refractivity (Wildman–Crippen MR) is 67.9 cm³/mol. The molecule has 0 aliphatic heterocycles. The molecule has 0 saturated carbocycles. The van der Waals surface area contributed by atoms with Crippen LogP contribution in [0.3, 0.4) is 0 Å². The molecule has 1 aromatic rings. The molecule has 0 aromatic carbocycles. The minimum Gasteiger partial charge on any atom is -0.461 e. The van der Waals surface area contributed by atoms with Gasteiger partial charge in [0.1, 0.15) is 0 Å². The van der Waals surface area contributed by atoms with E-state index in [1.165, 1.54) is 0 Å². The number of nitrogens with zero attached hydrogens (tertiary/aromatic N) is 1. The molecular weight excluding hydrogens is 230 g/mol. The number of rotatable bonds is 3. The van der Waals surface area contributed by atoms with Crippen molar-refractivity contribution < 1.29 is 14.1 Å². The van der Waals surface area contributed by atoms with Gasteiger partial charge < -0.3 is 9.26 Å². The van der Waals surface area contributed by atoms with Crippen LogP contribution in [0.5, 0.6) is 0 Å². The second kappa shape index (κ2) is 5.49. The zero-order chi connectivity index (χ0) is 13.0. The molecule has 4 heteroatoms. The second-order valence-corrected chi connectivity index (χ2v) is 4.02.